The van der Waals surface area contributed by atoms with Crippen LogP contribution in [0.3, 0.4) is 0 Å². The lowest BCUT2D eigenvalue weighted by Gasteiger charge is -2.43. The Hall–Kier alpha value is -2.33. The molecule has 26 heavy (non-hydrogen) atoms. The maximum atomic E-state index is 11.2. The molecule has 3 aliphatic rings. The van der Waals surface area contributed by atoms with Gasteiger partial charge in [0.25, 0.3) is 0 Å². The van der Waals surface area contributed by atoms with Crippen LogP contribution in [0.25, 0.3) is 0 Å². The van der Waals surface area contributed by atoms with Crippen molar-refractivity contribution in [1.29, 1.82) is 0 Å². The van der Waals surface area contributed by atoms with E-state index in [-0.39, 0.29) is 12.1 Å². The van der Waals surface area contributed by atoms with Crippen LogP contribution in [0.5, 0.6) is 0 Å². The van der Waals surface area contributed by atoms with Crippen LogP contribution in [0, 0.1) is 5.92 Å². The lowest BCUT2D eigenvalue weighted by molar-refractivity contribution is -0.0381. The van der Waals surface area contributed by atoms with Gasteiger partial charge in [0, 0.05) is 23.8 Å². The van der Waals surface area contributed by atoms with E-state index >= 15 is 0 Å². The molecule has 3 atom stereocenters. The van der Waals surface area contributed by atoms with E-state index in [9.17, 15) is 4.79 Å². The first-order valence-corrected chi connectivity index (χ1v) is 9.58. The predicted octanol–water partition coefficient (Wildman–Crippen LogP) is 4.51. The number of anilines is 1. The summed E-state index contributed by atoms with van der Waals surface area (Å²) in [5, 5.41) is 12.9. The summed E-state index contributed by atoms with van der Waals surface area (Å²) in [5.74, 6) is -0.501. The van der Waals surface area contributed by atoms with E-state index < -0.39 is 5.97 Å². The topological polar surface area (TPSA) is 58.6 Å². The second kappa shape index (κ2) is 6.13. The van der Waals surface area contributed by atoms with Gasteiger partial charge in [0.15, 0.2) is 0 Å². The predicted molar refractivity (Wildman–Crippen MR) is 99.6 cm³/mol. The number of carboxylic acid groups (broad SMARTS) is 1. The van der Waals surface area contributed by atoms with E-state index in [0.29, 0.717) is 11.5 Å². The van der Waals surface area contributed by atoms with E-state index in [1.54, 1.807) is 12.1 Å². The molecule has 3 unspecified atom stereocenters. The SMILES string of the molecule is O=C(O)c1ccc(C2Nc3cc4c(cc3C3OCCCC23)CCC4)cc1. The summed E-state index contributed by atoms with van der Waals surface area (Å²) in [6, 6.07) is 12.2. The van der Waals surface area contributed by atoms with Gasteiger partial charge in [0.1, 0.15) is 0 Å². The van der Waals surface area contributed by atoms with Gasteiger partial charge in [-0.1, -0.05) is 18.2 Å². The molecule has 2 heterocycles. The van der Waals surface area contributed by atoms with Crippen LogP contribution in [0.15, 0.2) is 36.4 Å². The fourth-order valence-electron chi connectivity index (χ4n) is 4.91. The molecular weight excluding hydrogens is 326 g/mol. The van der Waals surface area contributed by atoms with Crippen LogP contribution >= 0.6 is 0 Å². The molecule has 2 aromatic rings. The average molecular weight is 349 g/mol. The molecule has 0 aromatic heterocycles. The molecule has 0 saturated carbocycles. The molecule has 134 valence electrons. The number of carbonyl (C=O) groups is 1. The minimum Gasteiger partial charge on any atom is -0.478 e. The van der Waals surface area contributed by atoms with Crippen LogP contribution < -0.4 is 5.32 Å². The van der Waals surface area contributed by atoms with Crippen molar-refractivity contribution in [2.24, 2.45) is 5.92 Å². The van der Waals surface area contributed by atoms with Crippen molar-refractivity contribution < 1.29 is 14.6 Å². The summed E-state index contributed by atoms with van der Waals surface area (Å²) in [4.78, 5) is 11.2. The monoisotopic (exact) mass is 349 g/mol. The molecule has 4 nitrogen and oxygen atoms in total. The molecular formula is C22H23NO3. The molecule has 5 rings (SSSR count). The van der Waals surface area contributed by atoms with Crippen LogP contribution in [-0.4, -0.2) is 17.7 Å². The Labute approximate surface area is 153 Å². The summed E-state index contributed by atoms with van der Waals surface area (Å²) in [7, 11) is 0. The Morgan fingerprint density at radius 2 is 1.85 bits per heavy atom. The first-order chi connectivity index (χ1) is 12.7. The van der Waals surface area contributed by atoms with Crippen LogP contribution in [0.1, 0.15) is 64.0 Å². The highest BCUT2D eigenvalue weighted by molar-refractivity contribution is 5.87. The molecule has 2 aromatic carbocycles. The molecule has 2 N–H and O–H groups in total. The van der Waals surface area contributed by atoms with Crippen molar-refractivity contribution in [3.8, 4) is 0 Å². The van der Waals surface area contributed by atoms with E-state index in [4.69, 9.17) is 9.84 Å². The van der Waals surface area contributed by atoms with Gasteiger partial charge >= 0.3 is 5.97 Å². The first kappa shape index (κ1) is 15.9. The number of hydrogen-bond acceptors (Lipinski definition) is 3. The highest BCUT2D eigenvalue weighted by Gasteiger charge is 2.40. The Balaban J connectivity index is 1.55. The molecule has 1 aliphatic carbocycles. The van der Waals surface area contributed by atoms with Crippen LogP contribution in [-0.2, 0) is 17.6 Å². The van der Waals surface area contributed by atoms with E-state index in [1.165, 1.54) is 35.2 Å². The van der Waals surface area contributed by atoms with Gasteiger partial charge in [-0.2, -0.15) is 0 Å². The zero-order chi connectivity index (χ0) is 17.7. The Morgan fingerprint density at radius 1 is 1.08 bits per heavy atom. The third-order valence-corrected chi connectivity index (χ3v) is 6.19. The number of ether oxygens (including phenoxy) is 1. The number of nitrogens with one attached hydrogen (secondary N) is 1. The molecule has 0 amide bonds. The second-order valence-electron chi connectivity index (χ2n) is 7.71. The third-order valence-electron chi connectivity index (χ3n) is 6.19. The molecule has 4 heteroatoms. The number of benzene rings is 2. The van der Waals surface area contributed by atoms with Crippen molar-refractivity contribution in [3.63, 3.8) is 0 Å². The maximum absolute atomic E-state index is 11.2. The summed E-state index contributed by atoms with van der Waals surface area (Å²) in [6.45, 7) is 0.822. The van der Waals surface area contributed by atoms with Gasteiger partial charge in [0.05, 0.1) is 17.7 Å². The molecule has 1 fully saturated rings. The first-order valence-electron chi connectivity index (χ1n) is 9.58. The largest absolute Gasteiger partial charge is 0.478 e. The standard InChI is InChI=1S/C22H23NO3/c24-22(25)14-8-6-13(7-9-14)20-17-5-2-10-26-21(17)18-11-15-3-1-4-16(15)12-19(18)23-20/h6-9,11-12,17,20-21,23H,1-5,10H2,(H,24,25). The fourth-order valence-corrected chi connectivity index (χ4v) is 4.91. The fraction of sp³-hybridized carbons (Fsp3) is 0.409. The molecule has 0 bridgehead atoms. The van der Waals surface area contributed by atoms with Crippen molar-refractivity contribution >= 4 is 11.7 Å². The molecule has 2 aliphatic heterocycles. The minimum atomic E-state index is -0.882. The Bertz CT molecular complexity index is 858. The molecule has 1 saturated heterocycles. The highest BCUT2D eigenvalue weighted by Crippen LogP contribution is 2.50. The highest BCUT2D eigenvalue weighted by atomic mass is 16.5. The number of fused-ring (bicyclic) bond motifs is 4. The quantitative estimate of drug-likeness (QED) is 0.838. The lowest BCUT2D eigenvalue weighted by Crippen LogP contribution is -2.36. The van der Waals surface area contributed by atoms with Crippen LogP contribution in [0.4, 0.5) is 5.69 Å². The van der Waals surface area contributed by atoms with Crippen molar-refractivity contribution in [1.82, 2.24) is 0 Å². The van der Waals surface area contributed by atoms with Gasteiger partial charge in [-0.3, -0.25) is 0 Å². The molecule has 0 spiro atoms. The van der Waals surface area contributed by atoms with Crippen molar-refractivity contribution in [3.05, 3.63) is 64.2 Å². The van der Waals surface area contributed by atoms with E-state index in [1.807, 2.05) is 12.1 Å². The summed E-state index contributed by atoms with van der Waals surface area (Å²) in [6.07, 6.45) is 5.92. The number of carboxylic acids is 1. The summed E-state index contributed by atoms with van der Waals surface area (Å²) in [5.41, 5.74) is 6.93. The smallest absolute Gasteiger partial charge is 0.335 e. The Morgan fingerprint density at radius 3 is 2.62 bits per heavy atom. The zero-order valence-electron chi connectivity index (χ0n) is 14.7. The van der Waals surface area contributed by atoms with Gasteiger partial charge in [-0.05, 0) is 67.0 Å². The third kappa shape index (κ3) is 2.52. The van der Waals surface area contributed by atoms with E-state index in [0.717, 1.165) is 31.4 Å². The number of aromatic carboxylic acids is 1. The zero-order valence-corrected chi connectivity index (χ0v) is 14.7. The molecule has 0 radical (unpaired) electrons. The normalized spacial score (nSPS) is 26.4. The Kier molecular flexibility index (Phi) is 3.75. The summed E-state index contributed by atoms with van der Waals surface area (Å²) < 4.78 is 6.25. The minimum absolute atomic E-state index is 0.134. The number of rotatable bonds is 2. The second-order valence-corrected chi connectivity index (χ2v) is 7.71. The van der Waals surface area contributed by atoms with E-state index in [2.05, 4.69) is 17.4 Å². The number of aryl methyl sites for hydroxylation is 2. The lowest BCUT2D eigenvalue weighted by atomic mass is 9.77. The van der Waals surface area contributed by atoms with Crippen LogP contribution in [0.2, 0.25) is 0 Å². The van der Waals surface area contributed by atoms with Gasteiger partial charge < -0.3 is 15.2 Å². The number of hydrogen-bond donors (Lipinski definition) is 2. The van der Waals surface area contributed by atoms with Crippen molar-refractivity contribution in [2.45, 2.75) is 44.2 Å². The van der Waals surface area contributed by atoms with Gasteiger partial charge in [-0.15, -0.1) is 0 Å². The van der Waals surface area contributed by atoms with Crippen molar-refractivity contribution in [2.75, 3.05) is 11.9 Å². The van der Waals surface area contributed by atoms with Gasteiger partial charge in [-0.25, -0.2) is 4.79 Å². The van der Waals surface area contributed by atoms with Gasteiger partial charge in [0.2, 0.25) is 0 Å². The maximum Gasteiger partial charge on any atom is 0.335 e. The average Bonchev–Trinajstić information content (AvgIpc) is 3.13. The summed E-state index contributed by atoms with van der Waals surface area (Å²) >= 11 is 0.